The summed E-state index contributed by atoms with van der Waals surface area (Å²) in [5.41, 5.74) is 5.87. The minimum Gasteiger partial charge on any atom is -0.304 e. The number of anilines is 2. The molecule has 0 aliphatic carbocycles. The summed E-state index contributed by atoms with van der Waals surface area (Å²) >= 11 is 17.7. The lowest BCUT2D eigenvalue weighted by molar-refractivity contribution is 0.254. The first-order valence-electron chi connectivity index (χ1n) is 5.02. The zero-order valence-corrected chi connectivity index (χ0v) is 11.6. The van der Waals surface area contributed by atoms with E-state index in [9.17, 15) is 4.79 Å². The van der Waals surface area contributed by atoms with Crippen molar-refractivity contribution in [2.45, 2.75) is 0 Å². The van der Waals surface area contributed by atoms with Gasteiger partial charge in [-0.05, 0) is 12.1 Å². The third-order valence-electron chi connectivity index (χ3n) is 2.06. The molecule has 100 valence electrons. The number of carbonyl (C=O) groups excluding carboxylic acids is 1. The van der Waals surface area contributed by atoms with Gasteiger partial charge in [-0.2, -0.15) is 5.10 Å². The molecule has 2 amide bonds. The zero-order valence-electron chi connectivity index (χ0n) is 9.30. The number of amides is 2. The number of H-pyrrole nitrogens is 1. The summed E-state index contributed by atoms with van der Waals surface area (Å²) in [4.78, 5) is 11.5. The minimum absolute atomic E-state index is 0.293. The van der Waals surface area contributed by atoms with Crippen LogP contribution in [0.2, 0.25) is 15.1 Å². The summed E-state index contributed by atoms with van der Waals surface area (Å²) in [5.74, 6) is 0. The molecule has 9 heteroatoms. The van der Waals surface area contributed by atoms with E-state index in [-0.39, 0.29) is 0 Å². The Morgan fingerprint density at radius 3 is 2.47 bits per heavy atom. The first-order chi connectivity index (χ1) is 9.06. The highest BCUT2D eigenvalue weighted by Crippen LogP contribution is 2.32. The van der Waals surface area contributed by atoms with Crippen molar-refractivity contribution in [3.63, 3.8) is 0 Å². The van der Waals surface area contributed by atoms with Gasteiger partial charge >= 0.3 is 6.03 Å². The number of carbonyl (C=O) groups is 1. The number of hydrogen-bond donors (Lipinski definition) is 4. The number of nitrogens with zero attached hydrogens (tertiary/aromatic N) is 1. The second-order valence-corrected chi connectivity index (χ2v) is 4.69. The van der Waals surface area contributed by atoms with Crippen molar-refractivity contribution < 1.29 is 4.79 Å². The topological polar surface area (TPSA) is 81.8 Å². The lowest BCUT2D eigenvalue weighted by atomic mass is 10.3. The molecule has 0 unspecified atom stereocenters. The maximum absolute atomic E-state index is 11.5. The van der Waals surface area contributed by atoms with Crippen LogP contribution in [0.25, 0.3) is 0 Å². The Labute approximate surface area is 123 Å². The SMILES string of the molecule is O=C(NNc1c(Cl)cc(Cl)cc1Cl)Nc1cn[nH]c1. The third kappa shape index (κ3) is 3.66. The van der Waals surface area contributed by atoms with Crippen molar-refractivity contribution in [3.05, 3.63) is 39.6 Å². The number of rotatable bonds is 3. The van der Waals surface area contributed by atoms with E-state index in [4.69, 9.17) is 34.8 Å². The van der Waals surface area contributed by atoms with Crippen LogP contribution in [0.15, 0.2) is 24.5 Å². The summed E-state index contributed by atoms with van der Waals surface area (Å²) in [5, 5.41) is 9.77. The largest absolute Gasteiger partial charge is 0.337 e. The molecule has 4 N–H and O–H groups in total. The predicted octanol–water partition coefficient (Wildman–Crippen LogP) is 3.52. The molecule has 19 heavy (non-hydrogen) atoms. The van der Waals surface area contributed by atoms with Crippen LogP contribution in [-0.2, 0) is 0 Å². The minimum atomic E-state index is -0.497. The van der Waals surface area contributed by atoms with Crippen LogP contribution in [0.1, 0.15) is 0 Å². The Bertz CT molecular complexity index is 564. The number of hydrogen-bond acceptors (Lipinski definition) is 3. The predicted molar refractivity (Wildman–Crippen MR) is 75.8 cm³/mol. The molecule has 0 atom stereocenters. The molecule has 2 aromatic rings. The van der Waals surface area contributed by atoms with Gasteiger partial charge in [0, 0.05) is 11.2 Å². The van der Waals surface area contributed by atoms with Crippen LogP contribution in [0.5, 0.6) is 0 Å². The van der Waals surface area contributed by atoms with Gasteiger partial charge in [0.05, 0.1) is 27.6 Å². The molecule has 2 rings (SSSR count). The number of aromatic amines is 1. The fraction of sp³-hybridized carbons (Fsp3) is 0. The molecular formula is C10H8Cl3N5O. The molecule has 0 aliphatic rings. The van der Waals surface area contributed by atoms with Crippen molar-refractivity contribution in [2.75, 3.05) is 10.7 Å². The van der Waals surface area contributed by atoms with Crippen LogP contribution >= 0.6 is 34.8 Å². The molecule has 0 bridgehead atoms. The lowest BCUT2D eigenvalue weighted by Gasteiger charge is -2.12. The normalized spacial score (nSPS) is 10.1. The summed E-state index contributed by atoms with van der Waals surface area (Å²) < 4.78 is 0. The van der Waals surface area contributed by atoms with Crippen molar-refractivity contribution in [2.24, 2.45) is 0 Å². The molecule has 1 aromatic heterocycles. The third-order valence-corrected chi connectivity index (χ3v) is 2.88. The highest BCUT2D eigenvalue weighted by molar-refractivity contribution is 6.41. The molecule has 0 aliphatic heterocycles. The Morgan fingerprint density at radius 1 is 1.21 bits per heavy atom. The second kappa shape index (κ2) is 6.01. The smallest absolute Gasteiger partial charge is 0.304 e. The summed E-state index contributed by atoms with van der Waals surface area (Å²) in [7, 11) is 0. The molecule has 0 radical (unpaired) electrons. The standard InChI is InChI=1S/C10H8Cl3N5O/c11-5-1-7(12)9(8(13)2-5)17-18-10(19)16-6-3-14-15-4-6/h1-4,17H,(H,14,15)(H2,16,18,19). The zero-order chi connectivity index (χ0) is 13.8. The maximum atomic E-state index is 11.5. The van der Waals surface area contributed by atoms with Crippen molar-refractivity contribution in [3.8, 4) is 0 Å². The van der Waals surface area contributed by atoms with E-state index in [1.54, 1.807) is 0 Å². The number of urea groups is 1. The number of benzene rings is 1. The fourth-order valence-electron chi connectivity index (χ4n) is 1.26. The number of halogens is 3. The number of hydrazine groups is 1. The van der Waals surface area contributed by atoms with Crippen LogP contribution in [0.3, 0.4) is 0 Å². The molecule has 1 aromatic carbocycles. The molecule has 1 heterocycles. The molecule has 0 spiro atoms. The van der Waals surface area contributed by atoms with Crippen LogP contribution in [0.4, 0.5) is 16.2 Å². The van der Waals surface area contributed by atoms with Gasteiger partial charge in [0.15, 0.2) is 0 Å². The van der Waals surface area contributed by atoms with Crippen LogP contribution in [-0.4, -0.2) is 16.2 Å². The summed E-state index contributed by atoms with van der Waals surface area (Å²) in [6.07, 6.45) is 2.99. The average Bonchev–Trinajstić information content (AvgIpc) is 2.80. The van der Waals surface area contributed by atoms with E-state index in [0.717, 1.165) is 0 Å². The van der Waals surface area contributed by atoms with E-state index in [0.29, 0.717) is 26.4 Å². The van der Waals surface area contributed by atoms with E-state index in [1.807, 2.05) is 0 Å². The Morgan fingerprint density at radius 2 is 1.89 bits per heavy atom. The van der Waals surface area contributed by atoms with Gasteiger partial charge in [0.1, 0.15) is 0 Å². The highest BCUT2D eigenvalue weighted by Gasteiger charge is 2.09. The first-order valence-corrected chi connectivity index (χ1v) is 6.16. The molecule has 6 nitrogen and oxygen atoms in total. The monoisotopic (exact) mass is 319 g/mol. The van der Waals surface area contributed by atoms with E-state index in [2.05, 4.69) is 26.4 Å². The average molecular weight is 321 g/mol. The molecule has 0 saturated heterocycles. The van der Waals surface area contributed by atoms with E-state index >= 15 is 0 Å². The van der Waals surface area contributed by atoms with Crippen molar-refractivity contribution in [1.82, 2.24) is 15.6 Å². The van der Waals surface area contributed by atoms with Gasteiger partial charge in [0.2, 0.25) is 0 Å². The van der Waals surface area contributed by atoms with E-state index in [1.165, 1.54) is 24.5 Å². The molecular weight excluding hydrogens is 313 g/mol. The summed E-state index contributed by atoms with van der Waals surface area (Å²) in [6.45, 7) is 0. The molecule has 0 fully saturated rings. The number of aromatic nitrogens is 2. The highest BCUT2D eigenvalue weighted by atomic mass is 35.5. The Balaban J connectivity index is 1.97. The van der Waals surface area contributed by atoms with Gasteiger partial charge in [-0.25, -0.2) is 4.79 Å². The van der Waals surface area contributed by atoms with Gasteiger partial charge in [-0.1, -0.05) is 34.8 Å². The van der Waals surface area contributed by atoms with Crippen molar-refractivity contribution >= 4 is 52.2 Å². The molecule has 0 saturated carbocycles. The van der Waals surface area contributed by atoms with E-state index < -0.39 is 6.03 Å². The summed E-state index contributed by atoms with van der Waals surface area (Å²) in [6, 6.07) is 2.52. The maximum Gasteiger partial charge on any atom is 0.337 e. The van der Waals surface area contributed by atoms with Gasteiger partial charge in [-0.3, -0.25) is 16.0 Å². The van der Waals surface area contributed by atoms with Gasteiger partial charge in [-0.15, -0.1) is 0 Å². The van der Waals surface area contributed by atoms with Crippen LogP contribution in [0, 0.1) is 0 Å². The Hall–Kier alpha value is -1.63. The second-order valence-electron chi connectivity index (χ2n) is 3.44. The fourth-order valence-corrected chi connectivity index (χ4v) is 2.17. The lowest BCUT2D eigenvalue weighted by Crippen LogP contribution is -2.33. The van der Waals surface area contributed by atoms with Gasteiger partial charge < -0.3 is 5.32 Å². The van der Waals surface area contributed by atoms with Crippen molar-refractivity contribution in [1.29, 1.82) is 0 Å². The quantitative estimate of drug-likeness (QED) is 0.653. The van der Waals surface area contributed by atoms with Gasteiger partial charge in [0.25, 0.3) is 0 Å². The number of nitrogens with one attached hydrogen (secondary N) is 4. The Kier molecular flexibility index (Phi) is 4.36. The van der Waals surface area contributed by atoms with Crippen LogP contribution < -0.4 is 16.2 Å². The first kappa shape index (κ1) is 13.8.